The maximum atomic E-state index is 10.7. The summed E-state index contributed by atoms with van der Waals surface area (Å²) in [7, 11) is 0. The molecule has 1 aromatic heterocycles. The summed E-state index contributed by atoms with van der Waals surface area (Å²) in [5.74, 6) is 0. The van der Waals surface area contributed by atoms with Gasteiger partial charge in [0.1, 0.15) is 6.20 Å². The van der Waals surface area contributed by atoms with Gasteiger partial charge in [-0.25, -0.2) is 0 Å². The van der Waals surface area contributed by atoms with E-state index in [0.717, 1.165) is 36.9 Å². The Morgan fingerprint density at radius 2 is 1.71 bits per heavy atom. The summed E-state index contributed by atoms with van der Waals surface area (Å²) < 4.78 is 0. The smallest absolute Gasteiger partial charge is 0.258 e. The van der Waals surface area contributed by atoms with Gasteiger partial charge in [-0.1, -0.05) is 25.7 Å². The molecule has 0 amide bonds. The molecule has 0 aromatic carbocycles. The van der Waals surface area contributed by atoms with Crippen molar-refractivity contribution >= 4 is 5.69 Å². The Balaban J connectivity index is 2.22. The number of nitro groups is 1. The van der Waals surface area contributed by atoms with E-state index in [-0.39, 0.29) is 10.6 Å². The molecular formula is C13H18N2O2. The lowest BCUT2D eigenvalue weighted by Crippen LogP contribution is -2.02. The minimum Gasteiger partial charge on any atom is -0.258 e. The Labute approximate surface area is 101 Å². The van der Waals surface area contributed by atoms with Crippen LogP contribution in [-0.2, 0) is 12.8 Å². The highest BCUT2D eigenvalue weighted by atomic mass is 16.6. The molecule has 1 heterocycles. The fourth-order valence-corrected chi connectivity index (χ4v) is 2.38. The van der Waals surface area contributed by atoms with Crippen LogP contribution in [0.2, 0.25) is 0 Å². The van der Waals surface area contributed by atoms with Crippen LogP contribution in [0.5, 0.6) is 0 Å². The average Bonchev–Trinajstić information content (AvgIpc) is 2.34. The van der Waals surface area contributed by atoms with Gasteiger partial charge >= 0.3 is 0 Å². The predicted octanol–water partition coefficient (Wildman–Crippen LogP) is 3.43. The third kappa shape index (κ3) is 3.25. The Hall–Kier alpha value is -1.45. The van der Waals surface area contributed by atoms with Crippen molar-refractivity contribution in [1.29, 1.82) is 0 Å². The molecule has 1 aromatic rings. The zero-order valence-electron chi connectivity index (χ0n) is 10.0. The topological polar surface area (TPSA) is 56.0 Å². The first-order valence-corrected chi connectivity index (χ1v) is 6.39. The van der Waals surface area contributed by atoms with Crippen molar-refractivity contribution in [2.45, 2.75) is 51.4 Å². The van der Waals surface area contributed by atoms with Gasteiger partial charge in [-0.05, 0) is 31.2 Å². The van der Waals surface area contributed by atoms with E-state index in [9.17, 15) is 10.1 Å². The number of rotatable bonds is 1. The van der Waals surface area contributed by atoms with Gasteiger partial charge < -0.3 is 0 Å². The van der Waals surface area contributed by atoms with E-state index in [1.165, 1.54) is 31.9 Å². The summed E-state index contributed by atoms with van der Waals surface area (Å²) in [4.78, 5) is 14.6. The molecule has 0 unspecified atom stereocenters. The van der Waals surface area contributed by atoms with Gasteiger partial charge in [-0.2, -0.15) is 0 Å². The number of aromatic nitrogens is 1. The molecule has 0 spiro atoms. The van der Waals surface area contributed by atoms with E-state index in [1.807, 2.05) is 0 Å². The molecule has 0 saturated heterocycles. The lowest BCUT2D eigenvalue weighted by atomic mass is 9.98. The normalized spacial score (nSPS) is 17.2. The van der Waals surface area contributed by atoms with Crippen molar-refractivity contribution < 1.29 is 4.92 Å². The second kappa shape index (κ2) is 5.75. The van der Waals surface area contributed by atoms with Crippen LogP contribution in [0, 0.1) is 10.1 Å². The molecule has 0 saturated carbocycles. The first-order chi connectivity index (χ1) is 8.27. The van der Waals surface area contributed by atoms with Crippen molar-refractivity contribution in [1.82, 2.24) is 4.98 Å². The summed E-state index contributed by atoms with van der Waals surface area (Å²) in [6, 6.07) is 1.71. The Bertz CT molecular complexity index is 404. The zero-order valence-corrected chi connectivity index (χ0v) is 10.0. The minimum absolute atomic E-state index is 0.126. The van der Waals surface area contributed by atoms with Crippen molar-refractivity contribution in [2.24, 2.45) is 0 Å². The largest absolute Gasteiger partial charge is 0.287 e. The van der Waals surface area contributed by atoms with Gasteiger partial charge in [0.05, 0.1) is 4.92 Å². The van der Waals surface area contributed by atoms with Gasteiger partial charge in [0.25, 0.3) is 5.69 Å². The van der Waals surface area contributed by atoms with Crippen LogP contribution in [0.15, 0.2) is 12.3 Å². The third-order valence-electron chi connectivity index (χ3n) is 3.37. The minimum atomic E-state index is -0.355. The molecule has 0 radical (unpaired) electrons. The number of fused-ring (bicyclic) bond motifs is 1. The summed E-state index contributed by atoms with van der Waals surface area (Å²) in [5.41, 5.74) is 2.28. The highest BCUT2D eigenvalue weighted by Gasteiger charge is 2.12. The quantitative estimate of drug-likeness (QED) is 0.552. The van der Waals surface area contributed by atoms with Crippen LogP contribution in [0.3, 0.4) is 0 Å². The molecule has 0 bridgehead atoms. The highest BCUT2D eigenvalue weighted by Crippen LogP contribution is 2.21. The van der Waals surface area contributed by atoms with E-state index in [4.69, 9.17) is 0 Å². The van der Waals surface area contributed by atoms with Gasteiger partial charge in [0.2, 0.25) is 0 Å². The van der Waals surface area contributed by atoms with Crippen molar-refractivity contribution in [3.63, 3.8) is 0 Å². The molecule has 17 heavy (non-hydrogen) atoms. The number of pyridine rings is 1. The van der Waals surface area contributed by atoms with Crippen LogP contribution >= 0.6 is 0 Å². The summed E-state index contributed by atoms with van der Waals surface area (Å²) in [6.45, 7) is 0. The molecule has 0 aliphatic heterocycles. The first-order valence-electron chi connectivity index (χ1n) is 6.39. The molecule has 0 N–H and O–H groups in total. The van der Waals surface area contributed by atoms with Gasteiger partial charge in [-0.3, -0.25) is 15.1 Å². The molecule has 0 atom stereocenters. The molecule has 4 heteroatoms. The van der Waals surface area contributed by atoms with Gasteiger partial charge in [0.15, 0.2) is 0 Å². The molecule has 1 aliphatic carbocycles. The van der Waals surface area contributed by atoms with Crippen LogP contribution in [-0.4, -0.2) is 9.91 Å². The van der Waals surface area contributed by atoms with Crippen molar-refractivity contribution in [3.8, 4) is 0 Å². The second-order valence-electron chi connectivity index (χ2n) is 4.68. The van der Waals surface area contributed by atoms with Gasteiger partial charge in [0, 0.05) is 11.8 Å². The molecule has 92 valence electrons. The number of nitrogens with zero attached hydrogens (tertiary/aromatic N) is 2. The molecule has 1 aliphatic rings. The van der Waals surface area contributed by atoms with Crippen LogP contribution in [0.1, 0.15) is 49.8 Å². The first kappa shape index (κ1) is 12.0. The maximum absolute atomic E-state index is 10.7. The molecule has 2 rings (SSSR count). The zero-order chi connectivity index (χ0) is 12.1. The van der Waals surface area contributed by atoms with Crippen molar-refractivity contribution in [2.75, 3.05) is 0 Å². The molecule has 4 nitrogen and oxygen atoms in total. The molecule has 0 fully saturated rings. The van der Waals surface area contributed by atoms with E-state index >= 15 is 0 Å². The predicted molar refractivity (Wildman–Crippen MR) is 66.0 cm³/mol. The number of hydrogen-bond acceptors (Lipinski definition) is 3. The van der Waals surface area contributed by atoms with Crippen LogP contribution in [0.25, 0.3) is 0 Å². The average molecular weight is 234 g/mol. The monoisotopic (exact) mass is 234 g/mol. The van der Waals surface area contributed by atoms with Gasteiger partial charge in [-0.15, -0.1) is 0 Å². The lowest BCUT2D eigenvalue weighted by molar-refractivity contribution is -0.385. The fourth-order valence-electron chi connectivity index (χ4n) is 2.38. The SMILES string of the molecule is O=[N+]([O-])c1cnc2c(c1)CCCCCCCC2. The fraction of sp³-hybridized carbons (Fsp3) is 0.615. The standard InChI is InChI=1S/C13H18N2O2/c16-15(17)12-9-11-7-5-3-1-2-4-6-8-13(11)14-10-12/h9-10H,1-8H2. The Morgan fingerprint density at radius 1 is 1.06 bits per heavy atom. The van der Waals surface area contributed by atoms with E-state index in [1.54, 1.807) is 6.07 Å². The third-order valence-corrected chi connectivity index (χ3v) is 3.37. The second-order valence-corrected chi connectivity index (χ2v) is 4.68. The van der Waals surface area contributed by atoms with Crippen LogP contribution < -0.4 is 0 Å². The van der Waals surface area contributed by atoms with E-state index < -0.39 is 0 Å². The summed E-state index contributed by atoms with van der Waals surface area (Å²) in [5, 5.41) is 10.7. The van der Waals surface area contributed by atoms with E-state index in [2.05, 4.69) is 4.98 Å². The maximum Gasteiger partial charge on any atom is 0.287 e. The lowest BCUT2D eigenvalue weighted by Gasteiger charge is -2.11. The highest BCUT2D eigenvalue weighted by molar-refractivity contribution is 5.34. The van der Waals surface area contributed by atoms with Crippen LogP contribution in [0.4, 0.5) is 5.69 Å². The molecular weight excluding hydrogens is 216 g/mol. The van der Waals surface area contributed by atoms with Crippen molar-refractivity contribution in [3.05, 3.63) is 33.6 Å². The summed E-state index contributed by atoms with van der Waals surface area (Å²) in [6.07, 6.45) is 10.6. The Morgan fingerprint density at radius 3 is 2.41 bits per heavy atom. The number of aryl methyl sites for hydroxylation is 2. The number of hydrogen-bond donors (Lipinski definition) is 0. The summed E-state index contributed by atoms with van der Waals surface area (Å²) >= 11 is 0. The van der Waals surface area contributed by atoms with E-state index in [0.29, 0.717) is 0 Å². The Kier molecular flexibility index (Phi) is 4.07.